The van der Waals surface area contributed by atoms with Crippen LogP contribution in [-0.2, 0) is 11.3 Å². The summed E-state index contributed by atoms with van der Waals surface area (Å²) in [7, 11) is 0. The van der Waals surface area contributed by atoms with E-state index < -0.39 is 11.8 Å². The second-order valence-corrected chi connectivity index (χ2v) is 7.94. The molecule has 1 saturated heterocycles. The van der Waals surface area contributed by atoms with Crippen molar-refractivity contribution in [2.24, 2.45) is 0 Å². The Morgan fingerprint density at radius 1 is 1.06 bits per heavy atom. The number of hydrogen-bond donors (Lipinski definition) is 1. The molecule has 0 aliphatic carbocycles. The Labute approximate surface area is 185 Å². The van der Waals surface area contributed by atoms with Crippen LogP contribution in [0.3, 0.4) is 0 Å². The summed E-state index contributed by atoms with van der Waals surface area (Å²) in [6.45, 7) is 2.16. The van der Waals surface area contributed by atoms with Gasteiger partial charge in [0.1, 0.15) is 5.69 Å². The highest BCUT2D eigenvalue weighted by Gasteiger charge is 2.29. The van der Waals surface area contributed by atoms with E-state index in [1.807, 2.05) is 42.5 Å². The SMILES string of the molecule is N#CC(C(=O)NCc1ccc2c(c1)OCO2)c1nc2ccccc2nc1N1CCCCC1. The molecule has 3 heterocycles. The summed E-state index contributed by atoms with van der Waals surface area (Å²) in [5.41, 5.74) is 2.71. The number of piperidine rings is 1. The van der Waals surface area contributed by atoms with Crippen molar-refractivity contribution in [3.8, 4) is 17.6 Å². The molecule has 1 unspecified atom stereocenters. The number of nitrogens with zero attached hydrogens (tertiary/aromatic N) is 4. The standard InChI is InChI=1S/C24H23N5O3/c25-13-17(24(30)26-14-16-8-9-20-21(12-16)32-15-31-20)22-23(29-10-4-1-5-11-29)28-19-7-3-2-6-18(19)27-22/h2-3,6-9,12,17H,1,4-5,10-11,14-15H2,(H,26,30). The van der Waals surface area contributed by atoms with Crippen LogP contribution in [0.1, 0.15) is 36.4 Å². The van der Waals surface area contributed by atoms with Crippen molar-refractivity contribution in [1.29, 1.82) is 5.26 Å². The van der Waals surface area contributed by atoms with Gasteiger partial charge in [0, 0.05) is 19.6 Å². The maximum atomic E-state index is 13.1. The normalized spacial score (nSPS) is 15.9. The second-order valence-electron chi connectivity index (χ2n) is 7.94. The van der Waals surface area contributed by atoms with Gasteiger partial charge in [-0.05, 0) is 49.1 Å². The number of fused-ring (bicyclic) bond motifs is 2. The van der Waals surface area contributed by atoms with Gasteiger partial charge in [-0.2, -0.15) is 5.26 Å². The number of rotatable bonds is 5. The summed E-state index contributed by atoms with van der Waals surface area (Å²) >= 11 is 0. The Balaban J connectivity index is 1.42. The summed E-state index contributed by atoms with van der Waals surface area (Å²) in [5, 5.41) is 12.8. The molecule has 2 aromatic carbocycles. The Morgan fingerprint density at radius 3 is 2.59 bits per heavy atom. The third-order valence-corrected chi connectivity index (χ3v) is 5.80. The molecule has 0 spiro atoms. The van der Waals surface area contributed by atoms with Crippen LogP contribution in [0.25, 0.3) is 11.0 Å². The van der Waals surface area contributed by atoms with Crippen LogP contribution in [0.4, 0.5) is 5.82 Å². The Bertz CT molecular complexity index is 1200. The van der Waals surface area contributed by atoms with Crippen molar-refractivity contribution in [3.63, 3.8) is 0 Å². The Morgan fingerprint density at radius 2 is 1.81 bits per heavy atom. The number of benzene rings is 2. The molecule has 1 atom stereocenters. The zero-order valence-electron chi connectivity index (χ0n) is 17.6. The summed E-state index contributed by atoms with van der Waals surface area (Å²) < 4.78 is 10.7. The van der Waals surface area contributed by atoms with E-state index >= 15 is 0 Å². The predicted molar refractivity (Wildman–Crippen MR) is 118 cm³/mol. The number of nitriles is 1. The van der Waals surface area contributed by atoms with Gasteiger partial charge in [-0.3, -0.25) is 4.79 Å². The molecule has 8 nitrogen and oxygen atoms in total. The molecule has 1 fully saturated rings. The average Bonchev–Trinajstić information content (AvgIpc) is 3.31. The van der Waals surface area contributed by atoms with Gasteiger partial charge in [0.25, 0.3) is 0 Å². The molecular weight excluding hydrogens is 406 g/mol. The molecule has 0 saturated carbocycles. The minimum atomic E-state index is -1.06. The number of hydrogen-bond acceptors (Lipinski definition) is 7. The Kier molecular flexibility index (Phi) is 5.46. The number of nitrogens with one attached hydrogen (secondary N) is 1. The highest BCUT2D eigenvalue weighted by Crippen LogP contribution is 2.33. The fourth-order valence-corrected chi connectivity index (χ4v) is 4.12. The Hall–Kier alpha value is -3.86. The van der Waals surface area contributed by atoms with Gasteiger partial charge in [0.2, 0.25) is 12.7 Å². The molecule has 1 N–H and O–H groups in total. The van der Waals surface area contributed by atoms with Crippen LogP contribution in [0.5, 0.6) is 11.5 Å². The van der Waals surface area contributed by atoms with Gasteiger partial charge in [-0.25, -0.2) is 9.97 Å². The van der Waals surface area contributed by atoms with E-state index in [-0.39, 0.29) is 13.3 Å². The van der Waals surface area contributed by atoms with Crippen molar-refractivity contribution >= 4 is 22.8 Å². The molecule has 32 heavy (non-hydrogen) atoms. The van der Waals surface area contributed by atoms with E-state index in [0.29, 0.717) is 28.5 Å². The van der Waals surface area contributed by atoms with Crippen molar-refractivity contribution in [1.82, 2.24) is 15.3 Å². The third kappa shape index (κ3) is 3.89. The van der Waals surface area contributed by atoms with Gasteiger partial charge in [0.15, 0.2) is 23.2 Å². The van der Waals surface area contributed by atoms with Crippen molar-refractivity contribution in [2.75, 3.05) is 24.8 Å². The quantitative estimate of drug-likeness (QED) is 0.664. The lowest BCUT2D eigenvalue weighted by molar-refractivity contribution is -0.121. The van der Waals surface area contributed by atoms with Crippen LogP contribution in [-0.4, -0.2) is 35.8 Å². The second kappa shape index (κ2) is 8.71. The summed E-state index contributed by atoms with van der Waals surface area (Å²) in [5.74, 6) is 0.521. The lowest BCUT2D eigenvalue weighted by atomic mass is 10.0. The molecule has 0 bridgehead atoms. The maximum Gasteiger partial charge on any atom is 0.243 e. The maximum absolute atomic E-state index is 13.1. The molecule has 5 rings (SSSR count). The van der Waals surface area contributed by atoms with E-state index in [2.05, 4.69) is 16.3 Å². The van der Waals surface area contributed by atoms with Crippen molar-refractivity contribution in [3.05, 3.63) is 53.7 Å². The molecule has 2 aliphatic rings. The van der Waals surface area contributed by atoms with Crippen LogP contribution in [0.2, 0.25) is 0 Å². The highest BCUT2D eigenvalue weighted by atomic mass is 16.7. The number of anilines is 1. The first kappa shape index (κ1) is 20.1. The van der Waals surface area contributed by atoms with Crippen molar-refractivity contribution < 1.29 is 14.3 Å². The van der Waals surface area contributed by atoms with Gasteiger partial charge in [-0.1, -0.05) is 18.2 Å². The minimum Gasteiger partial charge on any atom is -0.454 e. The fraction of sp³-hybridized carbons (Fsp3) is 0.333. The molecule has 1 aromatic heterocycles. The van der Waals surface area contributed by atoms with E-state index in [4.69, 9.17) is 19.4 Å². The topological polar surface area (TPSA) is 100 Å². The number of para-hydroxylation sites is 2. The molecule has 8 heteroatoms. The minimum absolute atomic E-state index is 0.196. The predicted octanol–water partition coefficient (Wildman–Crippen LogP) is 3.27. The number of ether oxygens (including phenoxy) is 2. The molecule has 3 aromatic rings. The summed E-state index contributed by atoms with van der Waals surface area (Å²) in [4.78, 5) is 24.8. The largest absolute Gasteiger partial charge is 0.454 e. The van der Waals surface area contributed by atoms with Gasteiger partial charge < -0.3 is 19.7 Å². The third-order valence-electron chi connectivity index (χ3n) is 5.80. The average molecular weight is 429 g/mol. The summed E-state index contributed by atoms with van der Waals surface area (Å²) in [6.07, 6.45) is 3.29. The first-order valence-corrected chi connectivity index (χ1v) is 10.8. The number of carbonyl (C=O) groups excluding carboxylic acids is 1. The van der Waals surface area contributed by atoms with E-state index in [1.54, 1.807) is 0 Å². The van der Waals surface area contributed by atoms with Crippen LogP contribution in [0.15, 0.2) is 42.5 Å². The molecule has 2 aliphatic heterocycles. The summed E-state index contributed by atoms with van der Waals surface area (Å²) in [6, 6.07) is 15.2. The number of carbonyl (C=O) groups is 1. The van der Waals surface area contributed by atoms with Gasteiger partial charge in [0.05, 0.1) is 17.1 Å². The molecular formula is C24H23N5O3. The zero-order valence-corrected chi connectivity index (χ0v) is 17.6. The smallest absolute Gasteiger partial charge is 0.243 e. The van der Waals surface area contributed by atoms with Crippen molar-refractivity contribution in [2.45, 2.75) is 31.7 Å². The number of aromatic nitrogens is 2. The van der Waals surface area contributed by atoms with Gasteiger partial charge >= 0.3 is 0 Å². The van der Waals surface area contributed by atoms with Crippen LogP contribution >= 0.6 is 0 Å². The lowest BCUT2D eigenvalue weighted by Gasteiger charge is -2.29. The fourth-order valence-electron chi connectivity index (χ4n) is 4.12. The van der Waals surface area contributed by atoms with Crippen LogP contribution < -0.4 is 19.7 Å². The van der Waals surface area contributed by atoms with E-state index in [1.165, 1.54) is 6.42 Å². The van der Waals surface area contributed by atoms with E-state index in [9.17, 15) is 10.1 Å². The van der Waals surface area contributed by atoms with Crippen LogP contribution in [0, 0.1) is 11.3 Å². The molecule has 1 amide bonds. The highest BCUT2D eigenvalue weighted by molar-refractivity contribution is 5.88. The molecule has 162 valence electrons. The monoisotopic (exact) mass is 429 g/mol. The first-order valence-electron chi connectivity index (χ1n) is 10.8. The number of amides is 1. The van der Waals surface area contributed by atoms with Gasteiger partial charge in [-0.15, -0.1) is 0 Å². The zero-order chi connectivity index (χ0) is 21.9. The molecule has 0 radical (unpaired) electrons. The van der Waals surface area contributed by atoms with E-state index in [0.717, 1.165) is 37.0 Å². The lowest BCUT2D eigenvalue weighted by Crippen LogP contribution is -2.34. The first-order chi connectivity index (χ1) is 15.7.